The Balaban J connectivity index is 1.69. The average molecular weight is 414 g/mol. The van der Waals surface area contributed by atoms with Gasteiger partial charge in [0.1, 0.15) is 0 Å². The van der Waals surface area contributed by atoms with Crippen molar-refractivity contribution in [3.8, 4) is 0 Å². The smallest absolute Gasteiger partial charge is 0.337 e. The third-order valence-corrected chi connectivity index (χ3v) is 5.44. The lowest BCUT2D eigenvalue weighted by atomic mass is 9.83. The Labute approximate surface area is 180 Å². The van der Waals surface area contributed by atoms with E-state index in [2.05, 4.69) is 5.32 Å². The van der Waals surface area contributed by atoms with E-state index in [4.69, 9.17) is 4.74 Å². The van der Waals surface area contributed by atoms with Crippen LogP contribution in [0.2, 0.25) is 0 Å². The second-order valence-corrected chi connectivity index (χ2v) is 7.45. The number of nitrogens with zero attached hydrogens (tertiary/aromatic N) is 1. The summed E-state index contributed by atoms with van der Waals surface area (Å²) in [5, 5.41) is 2.95. The predicted octanol–water partition coefficient (Wildman–Crippen LogP) is 3.66. The molecule has 0 radical (unpaired) electrons. The van der Waals surface area contributed by atoms with E-state index < -0.39 is 17.5 Å². The summed E-state index contributed by atoms with van der Waals surface area (Å²) in [6.07, 6.45) is 0.334. The summed E-state index contributed by atoms with van der Waals surface area (Å²) in [6.45, 7) is 0.0544. The van der Waals surface area contributed by atoms with Crippen molar-refractivity contribution in [1.29, 1.82) is 0 Å². The van der Waals surface area contributed by atoms with E-state index in [1.807, 2.05) is 60.7 Å². The number of amides is 3. The van der Waals surface area contributed by atoms with E-state index in [1.54, 1.807) is 24.3 Å². The summed E-state index contributed by atoms with van der Waals surface area (Å²) in [5.74, 6) is -0.794. The molecule has 1 atom stereocenters. The molecule has 1 aliphatic heterocycles. The Morgan fingerprint density at radius 3 is 2.23 bits per heavy atom. The molecule has 1 N–H and O–H groups in total. The van der Waals surface area contributed by atoms with Gasteiger partial charge in [0.15, 0.2) is 5.54 Å². The molecule has 0 aliphatic carbocycles. The topological polar surface area (TPSA) is 75.7 Å². The molecule has 3 aromatic rings. The highest BCUT2D eigenvalue weighted by atomic mass is 16.5. The van der Waals surface area contributed by atoms with E-state index in [1.165, 1.54) is 12.0 Å². The number of carbonyl (C=O) groups is 3. The van der Waals surface area contributed by atoms with E-state index in [-0.39, 0.29) is 12.5 Å². The molecule has 3 amide bonds. The van der Waals surface area contributed by atoms with Gasteiger partial charge in [-0.05, 0) is 28.8 Å². The first-order chi connectivity index (χ1) is 15.0. The molecule has 1 saturated heterocycles. The van der Waals surface area contributed by atoms with Crippen molar-refractivity contribution in [1.82, 2.24) is 10.2 Å². The molecule has 3 aromatic carbocycles. The van der Waals surface area contributed by atoms with Crippen LogP contribution in [0.25, 0.3) is 0 Å². The number of ether oxygens (including phenoxy) is 1. The van der Waals surface area contributed by atoms with Gasteiger partial charge < -0.3 is 10.1 Å². The fraction of sp³-hybridized carbons (Fsp3) is 0.160. The maximum Gasteiger partial charge on any atom is 0.337 e. The Morgan fingerprint density at radius 2 is 1.55 bits per heavy atom. The van der Waals surface area contributed by atoms with Crippen LogP contribution in [0.5, 0.6) is 0 Å². The van der Waals surface area contributed by atoms with Crippen LogP contribution < -0.4 is 5.32 Å². The van der Waals surface area contributed by atoms with Gasteiger partial charge in [-0.3, -0.25) is 9.69 Å². The summed E-state index contributed by atoms with van der Waals surface area (Å²) in [6, 6.07) is 25.1. The molecule has 1 aliphatic rings. The first-order valence-corrected chi connectivity index (χ1v) is 9.94. The number of imide groups is 1. The molecule has 1 unspecified atom stereocenters. The number of hydrogen-bond acceptors (Lipinski definition) is 4. The van der Waals surface area contributed by atoms with Crippen LogP contribution in [0.15, 0.2) is 84.9 Å². The highest BCUT2D eigenvalue weighted by molar-refractivity contribution is 6.07. The molecular weight excluding hydrogens is 392 g/mol. The van der Waals surface area contributed by atoms with Gasteiger partial charge in [-0.2, -0.15) is 0 Å². The van der Waals surface area contributed by atoms with Crippen molar-refractivity contribution in [2.75, 3.05) is 7.11 Å². The Morgan fingerprint density at radius 1 is 0.903 bits per heavy atom. The molecule has 0 saturated carbocycles. The van der Waals surface area contributed by atoms with Crippen LogP contribution in [0.1, 0.15) is 27.0 Å². The van der Waals surface area contributed by atoms with Crippen LogP contribution in [0.4, 0.5) is 4.79 Å². The number of urea groups is 1. The van der Waals surface area contributed by atoms with Crippen LogP contribution in [0, 0.1) is 0 Å². The minimum Gasteiger partial charge on any atom is -0.465 e. The van der Waals surface area contributed by atoms with Crippen molar-refractivity contribution in [3.05, 3.63) is 107 Å². The van der Waals surface area contributed by atoms with Gasteiger partial charge in [0.05, 0.1) is 19.2 Å². The van der Waals surface area contributed by atoms with Gasteiger partial charge in [0.25, 0.3) is 5.91 Å². The third kappa shape index (κ3) is 3.92. The first-order valence-electron chi connectivity index (χ1n) is 9.94. The number of nitrogens with one attached hydrogen (secondary N) is 1. The molecule has 1 heterocycles. The highest BCUT2D eigenvalue weighted by Crippen LogP contribution is 2.33. The lowest BCUT2D eigenvalue weighted by Gasteiger charge is -2.27. The monoisotopic (exact) mass is 414 g/mol. The first kappa shape index (κ1) is 20.3. The van der Waals surface area contributed by atoms with Crippen molar-refractivity contribution < 1.29 is 19.1 Å². The number of hydrogen-bond donors (Lipinski definition) is 1. The second-order valence-electron chi connectivity index (χ2n) is 7.45. The molecule has 6 nitrogen and oxygen atoms in total. The maximum absolute atomic E-state index is 13.7. The summed E-state index contributed by atoms with van der Waals surface area (Å²) >= 11 is 0. The molecule has 0 spiro atoms. The summed E-state index contributed by atoms with van der Waals surface area (Å²) in [7, 11) is 1.31. The van der Waals surface area contributed by atoms with E-state index >= 15 is 0 Å². The van der Waals surface area contributed by atoms with Crippen molar-refractivity contribution in [3.63, 3.8) is 0 Å². The number of esters is 1. The molecule has 1 fully saturated rings. The van der Waals surface area contributed by atoms with Gasteiger partial charge in [-0.15, -0.1) is 0 Å². The van der Waals surface area contributed by atoms with Gasteiger partial charge >= 0.3 is 12.0 Å². The van der Waals surface area contributed by atoms with Crippen LogP contribution in [-0.4, -0.2) is 29.9 Å². The largest absolute Gasteiger partial charge is 0.465 e. The summed E-state index contributed by atoms with van der Waals surface area (Å²) < 4.78 is 4.76. The van der Waals surface area contributed by atoms with Crippen molar-refractivity contribution in [2.24, 2.45) is 0 Å². The zero-order valence-electron chi connectivity index (χ0n) is 17.1. The van der Waals surface area contributed by atoms with Crippen LogP contribution in [-0.2, 0) is 28.0 Å². The average Bonchev–Trinajstić information content (AvgIpc) is 3.05. The molecule has 4 rings (SSSR count). The number of benzene rings is 3. The quantitative estimate of drug-likeness (QED) is 0.493. The predicted molar refractivity (Wildman–Crippen MR) is 115 cm³/mol. The highest BCUT2D eigenvalue weighted by Gasteiger charge is 2.52. The Bertz CT molecular complexity index is 1110. The van der Waals surface area contributed by atoms with Gasteiger partial charge in [-0.25, -0.2) is 9.59 Å². The third-order valence-electron chi connectivity index (χ3n) is 5.44. The second kappa shape index (κ2) is 8.44. The SMILES string of the molecule is COC(=O)c1cccc(CN2C(=O)NC(Cc3ccccc3)(c3ccccc3)C2=O)c1. The van der Waals surface area contributed by atoms with Gasteiger partial charge in [0.2, 0.25) is 0 Å². The molecule has 31 heavy (non-hydrogen) atoms. The maximum atomic E-state index is 13.7. The summed E-state index contributed by atoms with van der Waals surface area (Å²) in [4.78, 5) is 39.7. The standard InChI is InChI=1S/C25H22N2O4/c1-31-22(28)20-12-8-11-19(15-20)17-27-23(29)25(26-24(27)30,21-13-6-3-7-14-21)16-18-9-4-2-5-10-18/h2-15H,16-17H2,1H3,(H,26,30). The van der Waals surface area contributed by atoms with E-state index in [9.17, 15) is 14.4 Å². The molecule has 0 aromatic heterocycles. The van der Waals surface area contributed by atoms with Crippen molar-refractivity contribution >= 4 is 17.9 Å². The van der Waals surface area contributed by atoms with Gasteiger partial charge in [0, 0.05) is 6.42 Å². The molecular formula is C25H22N2O4. The summed E-state index contributed by atoms with van der Waals surface area (Å²) in [5.41, 5.74) is 1.50. The molecule has 156 valence electrons. The Hall–Kier alpha value is -3.93. The number of methoxy groups -OCH3 is 1. The van der Waals surface area contributed by atoms with Gasteiger partial charge in [-0.1, -0.05) is 72.8 Å². The van der Waals surface area contributed by atoms with E-state index in [0.29, 0.717) is 17.5 Å². The molecule has 0 bridgehead atoms. The minimum atomic E-state index is -1.19. The normalized spacial score (nSPS) is 18.0. The lowest BCUT2D eigenvalue weighted by molar-refractivity contribution is -0.132. The zero-order chi connectivity index (χ0) is 21.8. The zero-order valence-corrected chi connectivity index (χ0v) is 17.1. The number of rotatable bonds is 6. The fourth-order valence-electron chi connectivity index (χ4n) is 3.91. The van der Waals surface area contributed by atoms with Crippen LogP contribution >= 0.6 is 0 Å². The fourth-order valence-corrected chi connectivity index (χ4v) is 3.91. The van der Waals surface area contributed by atoms with E-state index in [0.717, 1.165) is 11.1 Å². The Kier molecular flexibility index (Phi) is 5.54. The van der Waals surface area contributed by atoms with Crippen LogP contribution in [0.3, 0.4) is 0 Å². The lowest BCUT2D eigenvalue weighted by Crippen LogP contribution is -2.46. The number of carbonyl (C=O) groups excluding carboxylic acids is 3. The minimum absolute atomic E-state index is 0.0544. The molecule has 6 heteroatoms. The van der Waals surface area contributed by atoms with Crippen molar-refractivity contribution in [2.45, 2.75) is 18.5 Å².